The van der Waals surface area contributed by atoms with Crippen molar-refractivity contribution in [2.24, 2.45) is 0 Å². The molecular formula is C15H14F2N2O2. The number of nitrogens with zero attached hydrogens (tertiary/aromatic N) is 2. The van der Waals surface area contributed by atoms with Gasteiger partial charge in [-0.1, -0.05) is 0 Å². The minimum atomic E-state index is -0.977. The second kappa shape index (κ2) is 5.55. The van der Waals surface area contributed by atoms with Crippen LogP contribution in [0.15, 0.2) is 18.2 Å². The summed E-state index contributed by atoms with van der Waals surface area (Å²) in [5.41, 5.74) is 1.70. The van der Waals surface area contributed by atoms with Crippen LogP contribution in [0.5, 0.6) is 0 Å². The van der Waals surface area contributed by atoms with Gasteiger partial charge in [0.1, 0.15) is 11.6 Å². The summed E-state index contributed by atoms with van der Waals surface area (Å²) in [5.74, 6) is -2.99. The molecule has 0 aliphatic carbocycles. The highest BCUT2D eigenvalue weighted by molar-refractivity contribution is 5.76. The fraction of sp³-hybridized carbons (Fsp3) is 0.267. The average Bonchev–Trinajstić information content (AvgIpc) is 2.36. The molecule has 4 nitrogen and oxygen atoms in total. The lowest BCUT2D eigenvalue weighted by molar-refractivity contribution is -0.138. The van der Waals surface area contributed by atoms with Gasteiger partial charge in [0, 0.05) is 28.6 Å². The lowest BCUT2D eigenvalue weighted by Gasteiger charge is -2.14. The van der Waals surface area contributed by atoms with Gasteiger partial charge < -0.3 is 5.11 Å². The predicted molar refractivity (Wildman–Crippen MR) is 72.9 cm³/mol. The van der Waals surface area contributed by atoms with Crippen LogP contribution < -0.4 is 0 Å². The Hall–Kier alpha value is -2.37. The summed E-state index contributed by atoms with van der Waals surface area (Å²) < 4.78 is 26.5. The molecule has 1 heterocycles. The highest BCUT2D eigenvalue weighted by atomic mass is 19.1. The molecule has 0 fully saturated rings. The van der Waals surface area contributed by atoms with Gasteiger partial charge in [-0.25, -0.2) is 18.7 Å². The largest absolute Gasteiger partial charge is 0.481 e. The van der Waals surface area contributed by atoms with Crippen LogP contribution >= 0.6 is 0 Å². The van der Waals surface area contributed by atoms with Crippen LogP contribution in [0, 0.1) is 25.5 Å². The third kappa shape index (κ3) is 3.04. The minimum Gasteiger partial charge on any atom is -0.481 e. The summed E-state index contributed by atoms with van der Waals surface area (Å²) in [6.07, 6.45) is 0. The zero-order valence-electron chi connectivity index (χ0n) is 11.8. The predicted octanol–water partition coefficient (Wildman–Crippen LogP) is 3.23. The first-order valence-electron chi connectivity index (χ1n) is 6.34. The van der Waals surface area contributed by atoms with E-state index in [1.54, 1.807) is 20.8 Å². The maximum atomic E-state index is 13.3. The Morgan fingerprint density at radius 3 is 2.00 bits per heavy atom. The molecule has 110 valence electrons. The van der Waals surface area contributed by atoms with E-state index in [4.69, 9.17) is 5.11 Å². The molecule has 0 saturated carbocycles. The Balaban J connectivity index is 2.56. The number of rotatable bonds is 3. The molecule has 0 aliphatic heterocycles. The number of carboxylic acid groups (broad SMARTS) is 1. The number of aromatic nitrogens is 2. The number of hydrogen-bond donors (Lipinski definition) is 1. The molecule has 1 atom stereocenters. The maximum Gasteiger partial charge on any atom is 0.310 e. The first-order chi connectivity index (χ1) is 9.79. The number of carboxylic acids is 1. The molecule has 0 bridgehead atoms. The molecule has 0 aliphatic rings. The summed E-state index contributed by atoms with van der Waals surface area (Å²) in [4.78, 5) is 19.5. The third-order valence-corrected chi connectivity index (χ3v) is 3.25. The Bertz CT molecular complexity index is 674. The number of carbonyl (C=O) groups is 1. The topological polar surface area (TPSA) is 63.1 Å². The molecule has 0 amide bonds. The zero-order valence-corrected chi connectivity index (χ0v) is 11.8. The Kier molecular flexibility index (Phi) is 3.97. The normalized spacial score (nSPS) is 12.2. The van der Waals surface area contributed by atoms with Crippen LogP contribution in [0.1, 0.15) is 29.8 Å². The third-order valence-electron chi connectivity index (χ3n) is 3.25. The first kappa shape index (κ1) is 15.0. The van der Waals surface area contributed by atoms with Gasteiger partial charge in [-0.05, 0) is 32.9 Å². The highest BCUT2D eigenvalue weighted by Gasteiger charge is 2.21. The molecule has 1 N–H and O–H groups in total. The van der Waals surface area contributed by atoms with Crippen molar-refractivity contribution in [2.75, 3.05) is 0 Å². The fourth-order valence-corrected chi connectivity index (χ4v) is 2.29. The number of aryl methyl sites for hydroxylation is 2. The van der Waals surface area contributed by atoms with Crippen molar-refractivity contribution in [3.8, 4) is 11.4 Å². The Morgan fingerprint density at radius 2 is 1.57 bits per heavy atom. The van der Waals surface area contributed by atoms with E-state index in [1.807, 2.05) is 0 Å². The summed E-state index contributed by atoms with van der Waals surface area (Å²) in [7, 11) is 0. The second-order valence-corrected chi connectivity index (χ2v) is 4.85. The quantitative estimate of drug-likeness (QED) is 0.943. The number of halogens is 2. The van der Waals surface area contributed by atoms with Crippen LogP contribution in [0.2, 0.25) is 0 Å². The van der Waals surface area contributed by atoms with Crippen LogP contribution in [0.4, 0.5) is 8.78 Å². The SMILES string of the molecule is Cc1nc(-c2cc(F)cc(F)c2)nc(C)c1C(C)C(=O)O. The molecule has 2 aromatic rings. The van der Waals surface area contributed by atoms with Crippen molar-refractivity contribution in [1.82, 2.24) is 9.97 Å². The van der Waals surface area contributed by atoms with E-state index >= 15 is 0 Å². The van der Waals surface area contributed by atoms with Gasteiger partial charge in [-0.15, -0.1) is 0 Å². The van der Waals surface area contributed by atoms with Gasteiger partial charge in [0.15, 0.2) is 5.82 Å². The van der Waals surface area contributed by atoms with Gasteiger partial charge in [-0.3, -0.25) is 4.79 Å². The molecular weight excluding hydrogens is 278 g/mol. The number of aliphatic carboxylic acids is 1. The molecule has 0 radical (unpaired) electrons. The molecule has 2 rings (SSSR count). The molecule has 1 unspecified atom stereocenters. The van der Waals surface area contributed by atoms with Crippen LogP contribution in [0.25, 0.3) is 11.4 Å². The molecule has 6 heteroatoms. The standard InChI is InChI=1S/C15H14F2N2O2/c1-7(15(20)21)13-8(2)18-14(19-9(13)3)10-4-11(16)6-12(17)5-10/h4-7H,1-3H3,(H,20,21). The minimum absolute atomic E-state index is 0.171. The fourth-order valence-electron chi connectivity index (χ4n) is 2.29. The summed E-state index contributed by atoms with van der Waals surface area (Å²) in [6.45, 7) is 4.85. The summed E-state index contributed by atoms with van der Waals surface area (Å²) in [6, 6.07) is 3.04. The van der Waals surface area contributed by atoms with Crippen molar-refractivity contribution in [3.05, 3.63) is 46.8 Å². The van der Waals surface area contributed by atoms with Gasteiger partial charge in [0.2, 0.25) is 0 Å². The number of hydrogen-bond acceptors (Lipinski definition) is 3. The van der Waals surface area contributed by atoms with Crippen molar-refractivity contribution in [2.45, 2.75) is 26.7 Å². The number of benzene rings is 1. The maximum absolute atomic E-state index is 13.3. The molecule has 21 heavy (non-hydrogen) atoms. The first-order valence-corrected chi connectivity index (χ1v) is 6.34. The lowest BCUT2D eigenvalue weighted by atomic mass is 9.98. The van der Waals surface area contributed by atoms with Gasteiger partial charge >= 0.3 is 5.97 Å². The average molecular weight is 292 g/mol. The van der Waals surface area contributed by atoms with E-state index in [0.29, 0.717) is 17.0 Å². The molecule has 1 aromatic carbocycles. The van der Waals surface area contributed by atoms with E-state index < -0.39 is 23.5 Å². The smallest absolute Gasteiger partial charge is 0.310 e. The Morgan fingerprint density at radius 1 is 1.10 bits per heavy atom. The van der Waals surface area contributed by atoms with Crippen molar-refractivity contribution >= 4 is 5.97 Å². The zero-order chi connectivity index (χ0) is 15.7. The van der Waals surface area contributed by atoms with Crippen molar-refractivity contribution < 1.29 is 18.7 Å². The lowest BCUT2D eigenvalue weighted by Crippen LogP contribution is -2.13. The van der Waals surface area contributed by atoms with Crippen LogP contribution in [-0.4, -0.2) is 21.0 Å². The second-order valence-electron chi connectivity index (χ2n) is 4.85. The van der Waals surface area contributed by atoms with Crippen molar-refractivity contribution in [3.63, 3.8) is 0 Å². The molecule has 0 saturated heterocycles. The van der Waals surface area contributed by atoms with Crippen LogP contribution in [-0.2, 0) is 4.79 Å². The Labute approximate surface area is 120 Å². The van der Waals surface area contributed by atoms with Gasteiger partial charge in [-0.2, -0.15) is 0 Å². The van der Waals surface area contributed by atoms with E-state index in [1.165, 1.54) is 0 Å². The highest BCUT2D eigenvalue weighted by Crippen LogP contribution is 2.25. The van der Waals surface area contributed by atoms with E-state index in [0.717, 1.165) is 18.2 Å². The summed E-state index contributed by atoms with van der Waals surface area (Å²) >= 11 is 0. The van der Waals surface area contributed by atoms with Crippen LogP contribution in [0.3, 0.4) is 0 Å². The molecule has 0 spiro atoms. The van der Waals surface area contributed by atoms with Gasteiger partial charge in [0.05, 0.1) is 5.92 Å². The van der Waals surface area contributed by atoms with Gasteiger partial charge in [0.25, 0.3) is 0 Å². The monoisotopic (exact) mass is 292 g/mol. The van der Waals surface area contributed by atoms with E-state index in [9.17, 15) is 13.6 Å². The van der Waals surface area contributed by atoms with Crippen molar-refractivity contribution in [1.29, 1.82) is 0 Å². The van der Waals surface area contributed by atoms with E-state index in [2.05, 4.69) is 9.97 Å². The molecule has 1 aromatic heterocycles. The van der Waals surface area contributed by atoms with E-state index in [-0.39, 0.29) is 11.4 Å². The summed E-state index contributed by atoms with van der Waals surface area (Å²) in [5, 5.41) is 9.09.